The highest BCUT2D eigenvalue weighted by Gasteiger charge is 2.37. The van der Waals surface area contributed by atoms with E-state index in [1.807, 2.05) is 0 Å². The molecule has 0 fully saturated rings. The van der Waals surface area contributed by atoms with Gasteiger partial charge in [0, 0.05) is 17.5 Å². The zero-order valence-electron chi connectivity index (χ0n) is 21.5. The van der Waals surface area contributed by atoms with Crippen molar-refractivity contribution in [1.29, 1.82) is 0 Å². The Morgan fingerprint density at radius 1 is 1.14 bits per heavy atom. The highest BCUT2D eigenvalue weighted by Crippen LogP contribution is 2.56. The minimum Gasteiger partial charge on any atom is -0.493 e. The fraction of sp³-hybridized carbons (Fsp3) is 0.500. The Kier molecular flexibility index (Phi) is 10.8. The standard InChI is InChI=1S/C24H35FNO8P/c1-9-31-21(17(2)22(28)29)12-13-26(16-27)19-10-11-20(25)18(14-19)15-32-35(30,33-23(3,4)5)34-24(6,7)8/h10-14,16H,9,15H2,1-8H3,(H,28,29)/b13-12-,21-17-. The number of carbonyl (C=O) groups is 2. The van der Waals surface area contributed by atoms with Crippen LogP contribution in [0.1, 0.15) is 61.0 Å². The van der Waals surface area contributed by atoms with Crippen LogP contribution in [-0.2, 0) is 39.1 Å². The summed E-state index contributed by atoms with van der Waals surface area (Å²) >= 11 is 0. The van der Waals surface area contributed by atoms with E-state index < -0.39 is 37.4 Å². The van der Waals surface area contributed by atoms with Crippen molar-refractivity contribution >= 4 is 25.9 Å². The minimum absolute atomic E-state index is 0.000263. The maximum atomic E-state index is 14.5. The first-order chi connectivity index (χ1) is 16.0. The lowest BCUT2D eigenvalue weighted by Gasteiger charge is -2.31. The monoisotopic (exact) mass is 515 g/mol. The first-order valence-electron chi connectivity index (χ1n) is 10.9. The van der Waals surface area contributed by atoms with E-state index in [9.17, 15) is 23.7 Å². The quantitative estimate of drug-likeness (QED) is 0.119. The Hall–Kier alpha value is -2.52. The van der Waals surface area contributed by atoms with Crippen LogP contribution in [0.2, 0.25) is 0 Å². The molecule has 0 saturated carbocycles. The van der Waals surface area contributed by atoms with E-state index in [0.717, 1.165) is 11.0 Å². The van der Waals surface area contributed by atoms with Crippen molar-refractivity contribution in [2.24, 2.45) is 0 Å². The summed E-state index contributed by atoms with van der Waals surface area (Å²) in [7, 11) is -4.09. The predicted octanol–water partition coefficient (Wildman–Crippen LogP) is 5.95. The zero-order chi connectivity index (χ0) is 27.0. The number of aliphatic carboxylic acids is 1. The Labute approximate surface area is 206 Å². The number of rotatable bonds is 12. The van der Waals surface area contributed by atoms with E-state index in [0.29, 0.717) is 6.41 Å². The number of phosphoric ester groups is 1. The SMILES string of the molecule is CCOC(/C=C\N(C=O)c1ccc(F)c(COP(=O)(OC(C)(C)C)OC(C)(C)C)c1)=C(/C)C(=O)O. The van der Waals surface area contributed by atoms with Crippen molar-refractivity contribution in [3.05, 3.63) is 53.2 Å². The first kappa shape index (κ1) is 30.5. The van der Waals surface area contributed by atoms with Gasteiger partial charge in [0.15, 0.2) is 0 Å². The maximum Gasteiger partial charge on any atom is 0.476 e. The van der Waals surface area contributed by atoms with Gasteiger partial charge in [0.25, 0.3) is 0 Å². The molecule has 11 heteroatoms. The van der Waals surface area contributed by atoms with Crippen molar-refractivity contribution in [3.8, 4) is 0 Å². The number of allylic oxidation sites excluding steroid dienone is 1. The van der Waals surface area contributed by atoms with E-state index in [-0.39, 0.29) is 29.2 Å². The first-order valence-corrected chi connectivity index (χ1v) is 12.4. The maximum absolute atomic E-state index is 14.5. The number of ether oxygens (including phenoxy) is 1. The van der Waals surface area contributed by atoms with E-state index in [4.69, 9.17) is 18.3 Å². The number of benzene rings is 1. The van der Waals surface area contributed by atoms with E-state index >= 15 is 0 Å². The number of nitrogens with zero attached hydrogens (tertiary/aromatic N) is 1. The molecule has 0 heterocycles. The third-order valence-electron chi connectivity index (χ3n) is 3.97. The van der Waals surface area contributed by atoms with E-state index in [1.54, 1.807) is 48.5 Å². The molecule has 1 aromatic rings. The van der Waals surface area contributed by atoms with Crippen molar-refractivity contribution in [2.45, 2.75) is 73.2 Å². The molecule has 0 radical (unpaired) electrons. The summed E-state index contributed by atoms with van der Waals surface area (Å²) in [6.45, 7) is 12.9. The molecule has 1 rings (SSSR count). The van der Waals surface area contributed by atoms with Gasteiger partial charge in [0.2, 0.25) is 6.41 Å². The average molecular weight is 516 g/mol. The molecule has 35 heavy (non-hydrogen) atoms. The summed E-state index contributed by atoms with van der Waals surface area (Å²) in [6.07, 6.45) is 3.08. The molecule has 0 aliphatic heterocycles. The van der Waals surface area contributed by atoms with Gasteiger partial charge >= 0.3 is 13.8 Å². The van der Waals surface area contributed by atoms with Crippen LogP contribution in [0.5, 0.6) is 0 Å². The third-order valence-corrected chi connectivity index (χ3v) is 5.96. The highest BCUT2D eigenvalue weighted by molar-refractivity contribution is 7.48. The molecule has 0 saturated heterocycles. The fourth-order valence-electron chi connectivity index (χ4n) is 2.60. The topological polar surface area (TPSA) is 112 Å². The molecular formula is C24H35FNO8P. The summed E-state index contributed by atoms with van der Waals surface area (Å²) in [4.78, 5) is 24.1. The zero-order valence-corrected chi connectivity index (χ0v) is 22.4. The number of phosphoric acid groups is 1. The molecule has 0 aliphatic carbocycles. The largest absolute Gasteiger partial charge is 0.493 e. The van der Waals surface area contributed by atoms with Gasteiger partial charge in [-0.3, -0.25) is 23.3 Å². The average Bonchev–Trinajstić information content (AvgIpc) is 2.69. The van der Waals surface area contributed by atoms with Gasteiger partial charge in [0.1, 0.15) is 11.6 Å². The Bertz CT molecular complexity index is 988. The van der Waals surface area contributed by atoms with Crippen LogP contribution in [0.15, 0.2) is 41.8 Å². The summed E-state index contributed by atoms with van der Waals surface area (Å²) in [6, 6.07) is 3.81. The van der Waals surface area contributed by atoms with Crippen LogP contribution >= 0.6 is 7.82 Å². The number of amides is 1. The van der Waals surface area contributed by atoms with Crippen LogP contribution in [0, 0.1) is 5.82 Å². The smallest absolute Gasteiger partial charge is 0.476 e. The summed E-state index contributed by atoms with van der Waals surface area (Å²) in [5, 5.41) is 9.20. The Morgan fingerprint density at radius 2 is 1.71 bits per heavy atom. The van der Waals surface area contributed by atoms with Crippen molar-refractivity contribution in [2.75, 3.05) is 11.5 Å². The molecule has 196 valence electrons. The van der Waals surface area contributed by atoms with Crippen LogP contribution in [0.4, 0.5) is 10.1 Å². The van der Waals surface area contributed by atoms with Crippen molar-refractivity contribution in [1.82, 2.24) is 0 Å². The van der Waals surface area contributed by atoms with Crippen LogP contribution < -0.4 is 4.90 Å². The minimum atomic E-state index is -4.09. The Balaban J connectivity index is 3.24. The van der Waals surface area contributed by atoms with Gasteiger partial charge in [0.05, 0.1) is 30.0 Å². The number of carboxylic acids is 1. The number of anilines is 1. The van der Waals surface area contributed by atoms with Gasteiger partial charge in [-0.1, -0.05) is 0 Å². The molecular weight excluding hydrogens is 480 g/mol. The molecule has 1 amide bonds. The lowest BCUT2D eigenvalue weighted by atomic mass is 10.2. The molecule has 0 aromatic heterocycles. The molecule has 1 N–H and O–H groups in total. The predicted molar refractivity (Wildman–Crippen MR) is 130 cm³/mol. The highest BCUT2D eigenvalue weighted by atomic mass is 31.2. The molecule has 0 aliphatic rings. The Morgan fingerprint density at radius 3 is 2.17 bits per heavy atom. The second kappa shape index (κ2) is 12.4. The van der Waals surface area contributed by atoms with Gasteiger partial charge in [-0.2, -0.15) is 0 Å². The molecule has 0 spiro atoms. The number of halogens is 1. The second-order valence-electron chi connectivity index (χ2n) is 9.46. The molecule has 0 bridgehead atoms. The number of hydrogen-bond donors (Lipinski definition) is 1. The van der Waals surface area contributed by atoms with E-state index in [2.05, 4.69) is 0 Å². The lowest BCUT2D eigenvalue weighted by molar-refractivity contribution is -0.132. The van der Waals surface area contributed by atoms with Crippen LogP contribution in [0.3, 0.4) is 0 Å². The summed E-state index contributed by atoms with van der Waals surface area (Å²) < 4.78 is 49.6. The molecule has 1 aromatic carbocycles. The van der Waals surface area contributed by atoms with Gasteiger partial charge < -0.3 is 9.84 Å². The molecule has 0 atom stereocenters. The van der Waals surface area contributed by atoms with E-state index in [1.165, 1.54) is 31.3 Å². The molecule has 9 nitrogen and oxygen atoms in total. The third kappa shape index (κ3) is 10.7. The second-order valence-corrected chi connectivity index (χ2v) is 11.0. The normalized spacial score (nSPS) is 13.5. The van der Waals surface area contributed by atoms with Gasteiger partial charge in [-0.05, 0) is 79.7 Å². The fourth-order valence-corrected chi connectivity index (χ4v) is 4.38. The lowest BCUT2D eigenvalue weighted by Crippen LogP contribution is -2.24. The van der Waals surface area contributed by atoms with Gasteiger partial charge in [-0.15, -0.1) is 0 Å². The summed E-state index contributed by atoms with van der Waals surface area (Å²) in [5.41, 5.74) is -1.51. The van der Waals surface area contributed by atoms with Crippen molar-refractivity contribution in [3.63, 3.8) is 0 Å². The number of hydrogen-bond acceptors (Lipinski definition) is 7. The number of carbonyl (C=O) groups excluding carboxylic acids is 1. The van der Waals surface area contributed by atoms with Crippen LogP contribution in [0.25, 0.3) is 0 Å². The summed E-state index contributed by atoms with van der Waals surface area (Å²) in [5.74, 6) is -1.76. The van der Waals surface area contributed by atoms with Crippen LogP contribution in [-0.4, -0.2) is 35.3 Å². The van der Waals surface area contributed by atoms with Crippen molar-refractivity contribution < 1.29 is 42.0 Å². The van der Waals surface area contributed by atoms with Gasteiger partial charge in [-0.25, -0.2) is 13.8 Å². The molecule has 0 unspecified atom stereocenters. The number of carboxylic acid groups (broad SMARTS) is 1.